The van der Waals surface area contributed by atoms with Crippen molar-refractivity contribution >= 4 is 16.3 Å². The molecule has 0 aliphatic heterocycles. The lowest BCUT2D eigenvalue weighted by Gasteiger charge is -2.27. The maximum atomic E-state index is 11.3. The van der Waals surface area contributed by atoms with Crippen molar-refractivity contribution in [2.75, 3.05) is 21.3 Å². The third-order valence-electron chi connectivity index (χ3n) is 1.57. The van der Waals surface area contributed by atoms with E-state index in [1.165, 1.54) is 14.2 Å². The lowest BCUT2D eigenvalue weighted by molar-refractivity contribution is -0.205. The quantitative estimate of drug-likeness (QED) is 0.399. The van der Waals surface area contributed by atoms with Crippen LogP contribution in [0, 0.1) is 0 Å². The lowest BCUT2D eigenvalue weighted by atomic mass is 10.3. The second kappa shape index (κ2) is 3.84. The van der Waals surface area contributed by atoms with Gasteiger partial charge in [-0.3, -0.25) is 4.79 Å². The highest BCUT2D eigenvalue weighted by atomic mass is 28.2. The van der Waals surface area contributed by atoms with E-state index in [9.17, 15) is 4.79 Å². The number of carbonyl (C=O) groups excluding carboxylic acids is 1. The number of hydrogen-bond acceptors (Lipinski definition) is 3. The molecule has 0 aromatic rings. The van der Waals surface area contributed by atoms with Crippen molar-refractivity contribution in [2.45, 2.75) is 12.7 Å². The molecule has 0 heterocycles. The zero-order chi connectivity index (χ0) is 9.07. The van der Waals surface area contributed by atoms with Crippen LogP contribution in [0.2, 0.25) is 0 Å². The minimum atomic E-state index is -1.11. The molecule has 0 saturated carbocycles. The van der Waals surface area contributed by atoms with Crippen molar-refractivity contribution in [2.24, 2.45) is 0 Å². The molecule has 0 radical (unpaired) electrons. The largest absolute Gasteiger partial charge is 0.376 e. The molecule has 0 rings (SSSR count). The minimum absolute atomic E-state index is 0.144. The van der Waals surface area contributed by atoms with Gasteiger partial charge in [-0.25, -0.2) is 0 Å². The average molecular weight is 177 g/mol. The molecule has 0 aliphatic rings. The Balaban J connectivity index is 4.37. The highest BCUT2D eigenvalue weighted by Crippen LogP contribution is 2.11. The Bertz CT molecular complexity index is 145. The van der Waals surface area contributed by atoms with Gasteiger partial charge in [0.25, 0.3) is 5.91 Å². The van der Waals surface area contributed by atoms with Crippen LogP contribution in [-0.4, -0.2) is 47.9 Å². The molecule has 0 spiro atoms. The zero-order valence-corrected chi connectivity index (χ0v) is 9.67. The molecule has 11 heavy (non-hydrogen) atoms. The number of ether oxygens (including phenoxy) is 2. The topological polar surface area (TPSA) is 38.8 Å². The van der Waals surface area contributed by atoms with Crippen LogP contribution in [-0.2, 0) is 14.3 Å². The average Bonchev–Trinajstić information content (AvgIpc) is 2.01. The van der Waals surface area contributed by atoms with Gasteiger partial charge in [-0.2, -0.15) is 0 Å². The molecule has 0 atom stereocenters. The smallest absolute Gasteiger partial charge is 0.273 e. The summed E-state index contributed by atoms with van der Waals surface area (Å²) >= 11 is 0. The summed E-state index contributed by atoms with van der Waals surface area (Å²) in [6, 6.07) is 0. The third kappa shape index (κ3) is 2.28. The van der Waals surface area contributed by atoms with E-state index in [-0.39, 0.29) is 5.91 Å². The molecule has 0 aromatic heterocycles. The van der Waals surface area contributed by atoms with Gasteiger partial charge in [0.2, 0.25) is 5.79 Å². The van der Waals surface area contributed by atoms with E-state index in [1.807, 2.05) is 0 Å². The molecule has 0 aromatic carbocycles. The van der Waals surface area contributed by atoms with Gasteiger partial charge in [0.1, 0.15) is 10.4 Å². The van der Waals surface area contributed by atoms with Crippen LogP contribution in [0.3, 0.4) is 0 Å². The van der Waals surface area contributed by atoms with Crippen molar-refractivity contribution in [3.63, 3.8) is 0 Å². The Morgan fingerprint density at radius 2 is 1.82 bits per heavy atom. The molecule has 1 amide bonds. The molecule has 66 valence electrons. The standard InChI is InChI=1S/C6H15NO3Si/c1-6(9-3,10-4)5(8)7(2)11/h1-4,11H3. The zero-order valence-electron chi connectivity index (χ0n) is 7.67. The number of carbonyl (C=O) groups is 1. The summed E-state index contributed by atoms with van der Waals surface area (Å²) in [6.07, 6.45) is 0. The van der Waals surface area contributed by atoms with Crippen molar-refractivity contribution in [1.29, 1.82) is 0 Å². The van der Waals surface area contributed by atoms with Gasteiger partial charge in [0, 0.05) is 14.2 Å². The number of methoxy groups -OCH3 is 2. The van der Waals surface area contributed by atoms with Gasteiger partial charge in [0.15, 0.2) is 0 Å². The highest BCUT2D eigenvalue weighted by molar-refractivity contribution is 6.15. The van der Waals surface area contributed by atoms with Gasteiger partial charge < -0.3 is 14.0 Å². The first kappa shape index (κ1) is 10.6. The summed E-state index contributed by atoms with van der Waals surface area (Å²) in [4.78, 5) is 11.3. The Morgan fingerprint density at radius 1 is 1.45 bits per heavy atom. The van der Waals surface area contributed by atoms with Crippen LogP contribution in [0.15, 0.2) is 0 Å². The Kier molecular flexibility index (Phi) is 3.71. The van der Waals surface area contributed by atoms with Gasteiger partial charge in [-0.05, 0) is 14.0 Å². The van der Waals surface area contributed by atoms with Crippen LogP contribution in [0.1, 0.15) is 6.92 Å². The molecule has 0 fully saturated rings. The molecule has 5 heteroatoms. The van der Waals surface area contributed by atoms with Crippen molar-refractivity contribution in [3.05, 3.63) is 0 Å². The SMILES string of the molecule is COC(C)(OC)C(=O)N(C)[SiH3]. The lowest BCUT2D eigenvalue weighted by Crippen LogP contribution is -2.47. The second-order valence-corrected chi connectivity index (χ2v) is 3.90. The van der Waals surface area contributed by atoms with Crippen LogP contribution in [0.5, 0.6) is 0 Å². The molecule has 0 saturated heterocycles. The summed E-state index contributed by atoms with van der Waals surface area (Å²) in [7, 11) is 5.28. The number of rotatable bonds is 3. The fourth-order valence-electron chi connectivity index (χ4n) is 0.664. The molecule has 0 N–H and O–H groups in total. The summed E-state index contributed by atoms with van der Waals surface area (Å²) < 4.78 is 11.4. The van der Waals surface area contributed by atoms with E-state index in [2.05, 4.69) is 0 Å². The summed E-state index contributed by atoms with van der Waals surface area (Å²) in [6.45, 7) is 1.60. The number of likely N-dealkylation sites (N-methyl/N-ethyl adjacent to an activating group) is 1. The Labute approximate surface area is 70.0 Å². The fourth-order valence-corrected chi connectivity index (χ4v) is 1.07. The van der Waals surface area contributed by atoms with E-state index >= 15 is 0 Å². The molecular weight excluding hydrogens is 162 g/mol. The summed E-state index contributed by atoms with van der Waals surface area (Å²) in [5.41, 5.74) is 0. The first-order valence-corrected chi connectivity index (χ1v) is 4.19. The second-order valence-electron chi connectivity index (χ2n) is 2.55. The maximum absolute atomic E-state index is 11.3. The van der Waals surface area contributed by atoms with Crippen LogP contribution in [0.25, 0.3) is 0 Å². The fraction of sp³-hybridized carbons (Fsp3) is 0.833. The van der Waals surface area contributed by atoms with Gasteiger partial charge in [-0.1, -0.05) is 0 Å². The van der Waals surface area contributed by atoms with Crippen molar-refractivity contribution < 1.29 is 14.3 Å². The Morgan fingerprint density at radius 3 is 1.91 bits per heavy atom. The van der Waals surface area contributed by atoms with Crippen LogP contribution < -0.4 is 0 Å². The third-order valence-corrected chi connectivity index (χ3v) is 1.98. The van der Waals surface area contributed by atoms with Crippen molar-refractivity contribution in [3.8, 4) is 0 Å². The maximum Gasteiger partial charge on any atom is 0.273 e. The summed E-state index contributed by atoms with van der Waals surface area (Å²) in [5.74, 6) is -1.26. The van der Waals surface area contributed by atoms with E-state index in [1.54, 1.807) is 18.5 Å². The van der Waals surface area contributed by atoms with Crippen LogP contribution in [0.4, 0.5) is 0 Å². The Hall–Kier alpha value is -0.393. The van der Waals surface area contributed by atoms with E-state index in [4.69, 9.17) is 9.47 Å². The summed E-state index contributed by atoms with van der Waals surface area (Å²) in [5, 5.41) is 0. The molecule has 0 bridgehead atoms. The first-order chi connectivity index (χ1) is 4.98. The number of nitrogens with zero attached hydrogens (tertiary/aromatic N) is 1. The number of hydrogen-bond donors (Lipinski definition) is 0. The van der Waals surface area contributed by atoms with Gasteiger partial charge >= 0.3 is 0 Å². The predicted molar refractivity (Wildman–Crippen MR) is 45.1 cm³/mol. The first-order valence-electron chi connectivity index (χ1n) is 3.30. The van der Waals surface area contributed by atoms with E-state index < -0.39 is 5.79 Å². The number of amides is 1. The molecule has 0 unspecified atom stereocenters. The predicted octanol–water partition coefficient (Wildman–Crippen LogP) is -1.27. The molecule has 4 nitrogen and oxygen atoms in total. The normalized spacial score (nSPS) is 11.6. The van der Waals surface area contributed by atoms with Gasteiger partial charge in [-0.15, -0.1) is 0 Å². The van der Waals surface area contributed by atoms with Gasteiger partial charge in [0.05, 0.1) is 0 Å². The van der Waals surface area contributed by atoms with E-state index in [0.29, 0.717) is 10.4 Å². The minimum Gasteiger partial charge on any atom is -0.376 e. The highest BCUT2D eigenvalue weighted by Gasteiger charge is 2.33. The monoisotopic (exact) mass is 177 g/mol. The molecular formula is C6H15NO3Si. The van der Waals surface area contributed by atoms with Crippen LogP contribution >= 0.6 is 0 Å². The van der Waals surface area contributed by atoms with E-state index in [0.717, 1.165) is 0 Å². The molecule has 0 aliphatic carbocycles. The van der Waals surface area contributed by atoms with Crippen molar-refractivity contribution in [1.82, 2.24) is 4.57 Å².